The van der Waals surface area contributed by atoms with Crippen molar-refractivity contribution in [1.82, 2.24) is 9.80 Å². The number of hydrogen-bond donors (Lipinski definition) is 1. The molecule has 0 aromatic heterocycles. The van der Waals surface area contributed by atoms with Crippen LogP contribution in [0.1, 0.15) is 31.9 Å². The third-order valence-corrected chi connectivity index (χ3v) is 4.08. The second-order valence-corrected chi connectivity index (χ2v) is 5.75. The molecule has 116 valence electrons. The van der Waals surface area contributed by atoms with E-state index in [0.717, 1.165) is 38.2 Å². The van der Waals surface area contributed by atoms with E-state index < -0.39 is 0 Å². The molecule has 2 atom stereocenters. The van der Waals surface area contributed by atoms with Gasteiger partial charge in [-0.1, -0.05) is 12.1 Å². The molecule has 0 spiro atoms. The Balaban J connectivity index is 2.15. The Labute approximate surface area is 125 Å². The predicted octanol–water partition coefficient (Wildman–Crippen LogP) is 1.77. The topological polar surface area (TPSA) is 49.6 Å². The van der Waals surface area contributed by atoms with Gasteiger partial charge in [-0.3, -0.25) is 9.69 Å². The fraction of sp³-hybridized carbons (Fsp3) is 0.562. The Morgan fingerprint density at radius 3 is 2.43 bits per heavy atom. The van der Waals surface area contributed by atoms with Crippen molar-refractivity contribution in [1.29, 1.82) is 0 Å². The maximum atomic E-state index is 13.1. The van der Waals surface area contributed by atoms with E-state index in [1.807, 2.05) is 11.8 Å². The Bertz CT molecular complexity index is 475. The molecule has 1 heterocycles. The van der Waals surface area contributed by atoms with Crippen LogP contribution in [0.5, 0.6) is 0 Å². The van der Waals surface area contributed by atoms with Crippen molar-refractivity contribution < 1.29 is 9.18 Å². The Morgan fingerprint density at radius 2 is 1.86 bits per heavy atom. The quantitative estimate of drug-likeness (QED) is 0.924. The molecular weight excluding hydrogens is 269 g/mol. The minimum absolute atomic E-state index is 0.0532. The number of halogens is 1. The molecule has 1 aliphatic rings. The number of nitrogens with zero attached hydrogens (tertiary/aromatic N) is 2. The first-order valence-electron chi connectivity index (χ1n) is 7.49. The van der Waals surface area contributed by atoms with Crippen LogP contribution in [0.4, 0.5) is 4.39 Å². The maximum Gasteiger partial charge on any atom is 0.219 e. The van der Waals surface area contributed by atoms with Crippen molar-refractivity contribution in [2.45, 2.75) is 32.4 Å². The summed E-state index contributed by atoms with van der Waals surface area (Å²) in [5, 5.41) is 0. The van der Waals surface area contributed by atoms with Gasteiger partial charge in [0.2, 0.25) is 5.91 Å². The molecule has 1 aliphatic heterocycles. The summed E-state index contributed by atoms with van der Waals surface area (Å²) in [4.78, 5) is 15.7. The van der Waals surface area contributed by atoms with Crippen LogP contribution in [0.15, 0.2) is 24.3 Å². The Morgan fingerprint density at radius 1 is 1.19 bits per heavy atom. The summed E-state index contributed by atoms with van der Waals surface area (Å²) in [6, 6.07) is 6.56. The summed E-state index contributed by atoms with van der Waals surface area (Å²) >= 11 is 0. The summed E-state index contributed by atoms with van der Waals surface area (Å²) < 4.78 is 13.1. The SMILES string of the molecule is CC(=O)N1CCCN(C(c2ccc(F)cc2)C(C)N)CC1. The molecule has 0 radical (unpaired) electrons. The summed E-state index contributed by atoms with van der Waals surface area (Å²) in [5.41, 5.74) is 7.20. The van der Waals surface area contributed by atoms with Gasteiger partial charge < -0.3 is 10.6 Å². The average molecular weight is 293 g/mol. The fourth-order valence-corrected chi connectivity index (χ4v) is 3.04. The molecule has 5 heteroatoms. The first kappa shape index (κ1) is 15.9. The van der Waals surface area contributed by atoms with Crippen molar-refractivity contribution in [3.63, 3.8) is 0 Å². The zero-order chi connectivity index (χ0) is 15.4. The summed E-state index contributed by atoms with van der Waals surface area (Å²) in [7, 11) is 0. The molecule has 0 bridgehead atoms. The van der Waals surface area contributed by atoms with Gasteiger partial charge in [0.25, 0.3) is 0 Å². The van der Waals surface area contributed by atoms with Gasteiger partial charge in [-0.2, -0.15) is 0 Å². The van der Waals surface area contributed by atoms with Gasteiger partial charge in [0.05, 0.1) is 0 Å². The molecule has 1 aromatic carbocycles. The van der Waals surface area contributed by atoms with Crippen molar-refractivity contribution in [2.75, 3.05) is 26.2 Å². The highest BCUT2D eigenvalue weighted by Crippen LogP contribution is 2.25. The van der Waals surface area contributed by atoms with Crippen LogP contribution in [0, 0.1) is 5.82 Å². The number of amides is 1. The van der Waals surface area contributed by atoms with Crippen molar-refractivity contribution in [2.24, 2.45) is 5.73 Å². The molecule has 1 fully saturated rings. The Hall–Kier alpha value is -1.46. The molecular formula is C16H24FN3O. The highest BCUT2D eigenvalue weighted by atomic mass is 19.1. The number of nitrogens with two attached hydrogens (primary N) is 1. The van der Waals surface area contributed by atoms with Crippen LogP contribution in [0.25, 0.3) is 0 Å². The smallest absolute Gasteiger partial charge is 0.219 e. The van der Waals surface area contributed by atoms with Crippen LogP contribution in [0.2, 0.25) is 0 Å². The number of carbonyl (C=O) groups excluding carboxylic acids is 1. The molecule has 21 heavy (non-hydrogen) atoms. The second-order valence-electron chi connectivity index (χ2n) is 5.75. The molecule has 2 rings (SSSR count). The van der Waals surface area contributed by atoms with Gasteiger partial charge in [0.15, 0.2) is 0 Å². The number of rotatable bonds is 3. The lowest BCUT2D eigenvalue weighted by Gasteiger charge is -2.33. The van der Waals surface area contributed by atoms with Gasteiger partial charge in [-0.05, 0) is 31.0 Å². The fourth-order valence-electron chi connectivity index (χ4n) is 3.04. The van der Waals surface area contributed by atoms with Gasteiger partial charge in [-0.25, -0.2) is 4.39 Å². The minimum Gasteiger partial charge on any atom is -0.342 e. The summed E-state index contributed by atoms with van der Waals surface area (Å²) in [6.07, 6.45) is 0.935. The van der Waals surface area contributed by atoms with Crippen LogP contribution < -0.4 is 5.73 Å². The lowest BCUT2D eigenvalue weighted by molar-refractivity contribution is -0.128. The van der Waals surface area contributed by atoms with Gasteiger partial charge in [-0.15, -0.1) is 0 Å². The highest BCUT2D eigenvalue weighted by molar-refractivity contribution is 5.73. The van der Waals surface area contributed by atoms with E-state index in [9.17, 15) is 9.18 Å². The standard InChI is InChI=1S/C16H24FN3O/c1-12(18)16(14-4-6-15(17)7-5-14)20-9-3-8-19(10-11-20)13(2)21/h4-7,12,16H,3,8-11,18H2,1-2H3. The third-order valence-electron chi connectivity index (χ3n) is 4.08. The normalized spacial score (nSPS) is 19.9. The molecule has 0 saturated carbocycles. The zero-order valence-corrected chi connectivity index (χ0v) is 12.8. The summed E-state index contributed by atoms with van der Waals surface area (Å²) in [5.74, 6) is -0.114. The zero-order valence-electron chi connectivity index (χ0n) is 12.8. The van der Waals surface area contributed by atoms with Crippen LogP contribution in [0.3, 0.4) is 0 Å². The molecule has 1 saturated heterocycles. The molecule has 1 aromatic rings. The largest absolute Gasteiger partial charge is 0.342 e. The second kappa shape index (κ2) is 7.00. The van der Waals surface area contributed by atoms with Crippen LogP contribution in [-0.2, 0) is 4.79 Å². The lowest BCUT2D eigenvalue weighted by Crippen LogP contribution is -2.41. The van der Waals surface area contributed by atoms with Crippen molar-refractivity contribution in [3.05, 3.63) is 35.6 Å². The molecule has 2 N–H and O–H groups in total. The maximum absolute atomic E-state index is 13.1. The third kappa shape index (κ3) is 4.02. The Kier molecular flexibility index (Phi) is 5.31. The minimum atomic E-state index is -0.235. The van der Waals surface area contributed by atoms with E-state index in [1.165, 1.54) is 12.1 Å². The number of benzene rings is 1. The van der Waals surface area contributed by atoms with Crippen LogP contribution in [-0.4, -0.2) is 47.9 Å². The van der Waals surface area contributed by atoms with E-state index in [2.05, 4.69) is 4.90 Å². The average Bonchev–Trinajstić information content (AvgIpc) is 2.67. The molecule has 0 aliphatic carbocycles. The monoisotopic (exact) mass is 293 g/mol. The predicted molar refractivity (Wildman–Crippen MR) is 81.2 cm³/mol. The summed E-state index contributed by atoms with van der Waals surface area (Å²) in [6.45, 7) is 6.79. The van der Waals surface area contributed by atoms with E-state index in [0.29, 0.717) is 0 Å². The van der Waals surface area contributed by atoms with Gasteiger partial charge in [0.1, 0.15) is 5.82 Å². The van der Waals surface area contributed by atoms with Crippen molar-refractivity contribution >= 4 is 5.91 Å². The van der Waals surface area contributed by atoms with Crippen molar-refractivity contribution in [3.8, 4) is 0 Å². The van der Waals surface area contributed by atoms with E-state index in [1.54, 1.807) is 19.1 Å². The van der Waals surface area contributed by atoms with E-state index >= 15 is 0 Å². The number of carbonyl (C=O) groups is 1. The van der Waals surface area contributed by atoms with Gasteiger partial charge >= 0.3 is 0 Å². The van der Waals surface area contributed by atoms with Gasteiger partial charge in [0, 0.05) is 45.2 Å². The molecule has 1 amide bonds. The lowest BCUT2D eigenvalue weighted by atomic mass is 9.99. The first-order chi connectivity index (χ1) is 9.99. The van der Waals surface area contributed by atoms with E-state index in [-0.39, 0.29) is 23.8 Å². The first-order valence-corrected chi connectivity index (χ1v) is 7.49. The van der Waals surface area contributed by atoms with E-state index in [4.69, 9.17) is 5.73 Å². The molecule has 4 nitrogen and oxygen atoms in total. The van der Waals surface area contributed by atoms with Crippen LogP contribution >= 0.6 is 0 Å². The highest BCUT2D eigenvalue weighted by Gasteiger charge is 2.26. The number of hydrogen-bond acceptors (Lipinski definition) is 3. The molecule has 2 unspecified atom stereocenters.